The second-order valence-corrected chi connectivity index (χ2v) is 2.29. The molecule has 0 fully saturated rings. The van der Waals surface area contributed by atoms with Crippen molar-refractivity contribution in [3.05, 3.63) is 6.10 Å². The third-order valence-electron chi connectivity index (χ3n) is 1.19. The SMILES string of the molecule is CC(O)[C](O)C(O)C(C)O. The van der Waals surface area contributed by atoms with Crippen molar-refractivity contribution in [1.29, 1.82) is 0 Å². The number of aliphatic hydroxyl groups is 4. The highest BCUT2D eigenvalue weighted by Gasteiger charge is 2.26. The largest absolute Gasteiger partial charge is 0.391 e. The normalized spacial score (nSPS) is 20.7. The van der Waals surface area contributed by atoms with Crippen molar-refractivity contribution < 1.29 is 20.4 Å². The van der Waals surface area contributed by atoms with Crippen LogP contribution >= 0.6 is 0 Å². The molecule has 0 heterocycles. The molecule has 3 unspecified atom stereocenters. The third-order valence-corrected chi connectivity index (χ3v) is 1.19. The van der Waals surface area contributed by atoms with E-state index in [4.69, 9.17) is 20.4 Å². The van der Waals surface area contributed by atoms with Gasteiger partial charge in [0.25, 0.3) is 0 Å². The highest BCUT2D eigenvalue weighted by Crippen LogP contribution is 2.10. The van der Waals surface area contributed by atoms with Crippen LogP contribution in [0.5, 0.6) is 0 Å². The summed E-state index contributed by atoms with van der Waals surface area (Å²) in [5.74, 6) is 0. The zero-order chi connectivity index (χ0) is 8.31. The third kappa shape index (κ3) is 2.62. The lowest BCUT2D eigenvalue weighted by atomic mass is 10.1. The molecule has 4 N–H and O–H groups in total. The van der Waals surface area contributed by atoms with E-state index < -0.39 is 24.4 Å². The van der Waals surface area contributed by atoms with Crippen LogP contribution in [0.25, 0.3) is 0 Å². The van der Waals surface area contributed by atoms with E-state index in [1.165, 1.54) is 13.8 Å². The molecular weight excluding hydrogens is 136 g/mol. The summed E-state index contributed by atoms with van der Waals surface area (Å²) in [5, 5.41) is 35.1. The van der Waals surface area contributed by atoms with Crippen molar-refractivity contribution >= 4 is 0 Å². The number of aliphatic hydroxyl groups excluding tert-OH is 4. The Morgan fingerprint density at radius 3 is 1.60 bits per heavy atom. The highest BCUT2D eigenvalue weighted by atomic mass is 16.4. The lowest BCUT2D eigenvalue weighted by Gasteiger charge is -2.20. The van der Waals surface area contributed by atoms with Gasteiger partial charge in [-0.3, -0.25) is 0 Å². The Hall–Kier alpha value is -0.160. The van der Waals surface area contributed by atoms with Crippen LogP contribution in [0.3, 0.4) is 0 Å². The first kappa shape index (κ1) is 9.84. The predicted molar refractivity (Wildman–Crippen MR) is 34.5 cm³/mol. The molecule has 4 nitrogen and oxygen atoms in total. The second kappa shape index (κ2) is 3.88. The van der Waals surface area contributed by atoms with Crippen molar-refractivity contribution in [3.63, 3.8) is 0 Å². The molecular formula is C6H13O4. The molecule has 10 heavy (non-hydrogen) atoms. The first-order valence-corrected chi connectivity index (χ1v) is 3.06. The molecule has 0 bridgehead atoms. The maximum absolute atomic E-state index is 8.87. The molecule has 0 aliphatic rings. The summed E-state index contributed by atoms with van der Waals surface area (Å²) in [6.45, 7) is 2.63. The molecule has 0 aromatic heterocycles. The van der Waals surface area contributed by atoms with Crippen molar-refractivity contribution in [2.24, 2.45) is 0 Å². The fraction of sp³-hybridized carbons (Fsp3) is 0.833. The Morgan fingerprint density at radius 1 is 1.10 bits per heavy atom. The van der Waals surface area contributed by atoms with Gasteiger partial charge in [0.05, 0.1) is 12.2 Å². The Balaban J connectivity index is 3.81. The van der Waals surface area contributed by atoms with Crippen LogP contribution in [0.4, 0.5) is 0 Å². The summed E-state index contributed by atoms with van der Waals surface area (Å²) < 4.78 is 0. The number of hydrogen-bond acceptors (Lipinski definition) is 4. The van der Waals surface area contributed by atoms with Crippen molar-refractivity contribution in [3.8, 4) is 0 Å². The molecule has 0 rings (SSSR count). The van der Waals surface area contributed by atoms with Gasteiger partial charge >= 0.3 is 0 Å². The first-order chi connectivity index (χ1) is 4.46. The fourth-order valence-corrected chi connectivity index (χ4v) is 0.494. The Kier molecular flexibility index (Phi) is 3.81. The summed E-state index contributed by atoms with van der Waals surface area (Å²) in [6, 6.07) is 0. The summed E-state index contributed by atoms with van der Waals surface area (Å²) in [7, 11) is 0. The monoisotopic (exact) mass is 149 g/mol. The quantitative estimate of drug-likeness (QED) is 0.415. The molecule has 61 valence electrons. The van der Waals surface area contributed by atoms with Crippen LogP contribution in [0.2, 0.25) is 0 Å². The van der Waals surface area contributed by atoms with E-state index in [2.05, 4.69) is 0 Å². The second-order valence-electron chi connectivity index (χ2n) is 2.29. The molecule has 3 atom stereocenters. The van der Waals surface area contributed by atoms with Crippen LogP contribution in [0.15, 0.2) is 0 Å². The summed E-state index contributed by atoms with van der Waals surface area (Å²) in [5.41, 5.74) is 0. The standard InChI is InChI=1S/C6H13O4/c1-3(7)5(9)6(10)4(2)8/h3-5,7-10H,1-2H3. The van der Waals surface area contributed by atoms with Crippen LogP contribution < -0.4 is 0 Å². The van der Waals surface area contributed by atoms with Crippen molar-refractivity contribution in [2.75, 3.05) is 0 Å². The molecule has 0 saturated carbocycles. The molecule has 1 radical (unpaired) electrons. The van der Waals surface area contributed by atoms with Crippen LogP contribution in [-0.2, 0) is 0 Å². The van der Waals surface area contributed by atoms with Gasteiger partial charge in [-0.15, -0.1) is 0 Å². The smallest absolute Gasteiger partial charge is 0.152 e. The minimum atomic E-state index is -1.36. The molecule has 0 aromatic carbocycles. The average molecular weight is 149 g/mol. The topological polar surface area (TPSA) is 80.9 Å². The minimum Gasteiger partial charge on any atom is -0.391 e. The predicted octanol–water partition coefficient (Wildman–Crippen LogP) is -0.987. The molecule has 0 spiro atoms. The summed E-state index contributed by atoms with van der Waals surface area (Å²) in [6.07, 6.45) is -4.03. The van der Waals surface area contributed by atoms with E-state index in [0.717, 1.165) is 0 Å². The lowest BCUT2D eigenvalue weighted by Crippen LogP contribution is -2.35. The van der Waals surface area contributed by atoms with E-state index >= 15 is 0 Å². The summed E-state index contributed by atoms with van der Waals surface area (Å²) >= 11 is 0. The van der Waals surface area contributed by atoms with Gasteiger partial charge in [-0.2, -0.15) is 0 Å². The van der Waals surface area contributed by atoms with Crippen LogP contribution in [-0.4, -0.2) is 38.7 Å². The van der Waals surface area contributed by atoms with E-state index in [0.29, 0.717) is 0 Å². The van der Waals surface area contributed by atoms with E-state index in [1.807, 2.05) is 0 Å². The Morgan fingerprint density at radius 2 is 1.50 bits per heavy atom. The maximum Gasteiger partial charge on any atom is 0.152 e. The first-order valence-electron chi connectivity index (χ1n) is 3.06. The van der Waals surface area contributed by atoms with Gasteiger partial charge in [0.15, 0.2) is 6.10 Å². The molecule has 4 heteroatoms. The maximum atomic E-state index is 8.87. The van der Waals surface area contributed by atoms with Crippen LogP contribution in [0.1, 0.15) is 13.8 Å². The molecule has 0 aliphatic carbocycles. The fourth-order valence-electron chi connectivity index (χ4n) is 0.494. The van der Waals surface area contributed by atoms with E-state index in [-0.39, 0.29) is 0 Å². The Bertz CT molecular complexity index is 79.7. The van der Waals surface area contributed by atoms with Crippen LogP contribution in [0, 0.1) is 6.10 Å². The zero-order valence-electron chi connectivity index (χ0n) is 6.02. The molecule has 0 amide bonds. The molecule has 0 aromatic rings. The van der Waals surface area contributed by atoms with Gasteiger partial charge in [0.2, 0.25) is 0 Å². The lowest BCUT2D eigenvalue weighted by molar-refractivity contribution is -0.0349. The minimum absolute atomic E-state index is 0.505. The number of rotatable bonds is 3. The van der Waals surface area contributed by atoms with E-state index in [1.54, 1.807) is 0 Å². The number of hydrogen-bond donors (Lipinski definition) is 4. The van der Waals surface area contributed by atoms with Gasteiger partial charge in [-0.25, -0.2) is 0 Å². The Labute approximate surface area is 59.7 Å². The van der Waals surface area contributed by atoms with Gasteiger partial charge < -0.3 is 20.4 Å². The molecule has 0 saturated heterocycles. The van der Waals surface area contributed by atoms with E-state index in [9.17, 15) is 0 Å². The highest BCUT2D eigenvalue weighted by molar-refractivity contribution is 4.92. The van der Waals surface area contributed by atoms with Crippen molar-refractivity contribution in [1.82, 2.24) is 0 Å². The van der Waals surface area contributed by atoms with Gasteiger partial charge in [-0.05, 0) is 13.8 Å². The molecule has 0 aliphatic heterocycles. The van der Waals surface area contributed by atoms with Gasteiger partial charge in [-0.1, -0.05) is 0 Å². The summed E-state index contributed by atoms with van der Waals surface area (Å²) in [4.78, 5) is 0. The van der Waals surface area contributed by atoms with Crippen molar-refractivity contribution in [2.45, 2.75) is 32.2 Å². The zero-order valence-corrected chi connectivity index (χ0v) is 6.02. The van der Waals surface area contributed by atoms with Gasteiger partial charge in [0.1, 0.15) is 6.10 Å². The van der Waals surface area contributed by atoms with Gasteiger partial charge in [0, 0.05) is 0 Å². The average Bonchev–Trinajstić information content (AvgIpc) is 1.84.